The first-order chi connectivity index (χ1) is 12.0. The zero-order valence-corrected chi connectivity index (χ0v) is 15.4. The van der Waals surface area contributed by atoms with Gasteiger partial charge >= 0.3 is 0 Å². The Kier molecular flexibility index (Phi) is 4.14. The number of aromatic nitrogens is 2. The number of carbonyl (C=O) groups excluding carboxylic acids is 1. The Hall–Kier alpha value is -1.75. The maximum Gasteiger partial charge on any atom is 0.272 e. The van der Waals surface area contributed by atoms with Crippen LogP contribution >= 0.6 is 11.3 Å². The molecule has 4 rings (SSSR count). The lowest BCUT2D eigenvalue weighted by atomic mass is 10.2. The molecule has 2 aliphatic heterocycles. The highest BCUT2D eigenvalue weighted by molar-refractivity contribution is 7.89. The van der Waals surface area contributed by atoms with E-state index in [-0.39, 0.29) is 23.4 Å². The lowest BCUT2D eigenvalue weighted by Gasteiger charge is -2.29. The van der Waals surface area contributed by atoms with E-state index in [0.717, 1.165) is 31.9 Å². The van der Waals surface area contributed by atoms with Crippen LogP contribution in [0.2, 0.25) is 0 Å². The predicted octanol–water partition coefficient (Wildman–Crippen LogP) is 0.195. The van der Waals surface area contributed by atoms with Crippen LogP contribution in [0.4, 0.5) is 0 Å². The van der Waals surface area contributed by atoms with Gasteiger partial charge in [-0.15, -0.1) is 11.3 Å². The van der Waals surface area contributed by atoms with Gasteiger partial charge in [0.1, 0.15) is 11.5 Å². The molecule has 134 valence electrons. The van der Waals surface area contributed by atoms with Crippen LogP contribution in [0.25, 0.3) is 0 Å². The summed E-state index contributed by atoms with van der Waals surface area (Å²) >= 11 is 1.35. The van der Waals surface area contributed by atoms with Crippen LogP contribution in [0.15, 0.2) is 22.5 Å². The minimum atomic E-state index is -3.45. The Morgan fingerprint density at radius 1 is 1.44 bits per heavy atom. The highest BCUT2D eigenvalue weighted by Gasteiger charge is 2.36. The molecule has 0 radical (unpaired) electrons. The molecule has 0 aromatic carbocycles. The second kappa shape index (κ2) is 6.20. The third-order valence-corrected chi connectivity index (χ3v) is 7.59. The van der Waals surface area contributed by atoms with Gasteiger partial charge in [-0.3, -0.25) is 4.79 Å². The maximum absolute atomic E-state index is 12.7. The first-order valence-electron chi connectivity index (χ1n) is 8.08. The lowest BCUT2D eigenvalue weighted by Crippen LogP contribution is -2.43. The molecule has 1 unspecified atom stereocenters. The highest BCUT2D eigenvalue weighted by atomic mass is 32.2. The fraction of sp³-hybridized carbons (Fsp3) is 0.467. The predicted molar refractivity (Wildman–Crippen MR) is 93.1 cm³/mol. The molecule has 2 N–H and O–H groups in total. The number of nitrogens with one attached hydrogen (secondary N) is 2. The van der Waals surface area contributed by atoms with Gasteiger partial charge in [0.25, 0.3) is 5.91 Å². The molecular weight excluding hydrogens is 362 g/mol. The van der Waals surface area contributed by atoms with Crippen molar-refractivity contribution in [2.45, 2.75) is 23.9 Å². The van der Waals surface area contributed by atoms with Gasteiger partial charge in [-0.25, -0.2) is 13.4 Å². The normalized spacial score (nSPS) is 22.7. The van der Waals surface area contributed by atoms with E-state index in [9.17, 15) is 13.2 Å². The lowest BCUT2D eigenvalue weighted by molar-refractivity contribution is 0.0927. The Morgan fingerprint density at radius 3 is 3.12 bits per heavy atom. The average molecular weight is 381 g/mol. The SMILES string of the molecule is CN1CC(NC(=O)c2cn3c(n2)CCNCC3)c2sccc2S1(=O)=O. The summed E-state index contributed by atoms with van der Waals surface area (Å²) in [5.74, 6) is 0.626. The molecule has 10 heteroatoms. The monoisotopic (exact) mass is 381 g/mol. The smallest absolute Gasteiger partial charge is 0.272 e. The summed E-state index contributed by atoms with van der Waals surface area (Å²) in [4.78, 5) is 18.1. The third kappa shape index (κ3) is 2.88. The fourth-order valence-corrected chi connectivity index (χ4v) is 5.90. The van der Waals surface area contributed by atoms with Crippen LogP contribution < -0.4 is 10.6 Å². The van der Waals surface area contributed by atoms with Gasteiger partial charge in [-0.1, -0.05) is 0 Å². The first kappa shape index (κ1) is 16.7. The summed E-state index contributed by atoms with van der Waals surface area (Å²) in [6.07, 6.45) is 2.56. The van der Waals surface area contributed by atoms with Crippen LogP contribution in [-0.2, 0) is 23.0 Å². The molecule has 0 fully saturated rings. The van der Waals surface area contributed by atoms with E-state index in [1.807, 2.05) is 4.57 Å². The molecule has 25 heavy (non-hydrogen) atoms. The Balaban J connectivity index is 1.58. The molecule has 0 aliphatic carbocycles. The van der Waals surface area contributed by atoms with E-state index in [2.05, 4.69) is 15.6 Å². The summed E-state index contributed by atoms with van der Waals surface area (Å²) in [6.45, 7) is 2.71. The van der Waals surface area contributed by atoms with Crippen molar-refractivity contribution in [2.24, 2.45) is 0 Å². The van der Waals surface area contributed by atoms with E-state index in [1.165, 1.54) is 22.7 Å². The molecule has 1 amide bonds. The van der Waals surface area contributed by atoms with Gasteiger partial charge < -0.3 is 15.2 Å². The zero-order chi connectivity index (χ0) is 17.6. The number of rotatable bonds is 2. The molecule has 0 spiro atoms. The minimum absolute atomic E-state index is 0.221. The third-order valence-electron chi connectivity index (χ3n) is 4.55. The fourth-order valence-electron chi connectivity index (χ4n) is 3.21. The van der Waals surface area contributed by atoms with Gasteiger partial charge in [0.2, 0.25) is 10.0 Å². The Bertz CT molecular complexity index is 894. The molecule has 4 heterocycles. The summed E-state index contributed by atoms with van der Waals surface area (Å²) in [5.41, 5.74) is 0.381. The largest absolute Gasteiger partial charge is 0.342 e. The number of fused-ring (bicyclic) bond motifs is 2. The molecule has 0 saturated heterocycles. The van der Waals surface area contributed by atoms with Crippen molar-refractivity contribution in [1.82, 2.24) is 24.5 Å². The molecule has 1 atom stereocenters. The molecular formula is C15H19N5O3S2. The molecule has 2 aromatic rings. The van der Waals surface area contributed by atoms with Crippen LogP contribution in [-0.4, -0.2) is 54.9 Å². The molecule has 0 bridgehead atoms. The standard InChI is InChI=1S/C15H19N5O3S2/c1-19-8-10(14-12(3-7-24-14)25(19,22)23)18-15(21)11-9-20-6-5-16-4-2-13(20)17-11/h3,7,9-10,16H,2,4-6,8H2,1H3,(H,18,21). The van der Waals surface area contributed by atoms with E-state index >= 15 is 0 Å². The van der Waals surface area contributed by atoms with Gasteiger partial charge in [-0.2, -0.15) is 4.31 Å². The minimum Gasteiger partial charge on any atom is -0.342 e. The van der Waals surface area contributed by atoms with Crippen molar-refractivity contribution in [1.29, 1.82) is 0 Å². The van der Waals surface area contributed by atoms with E-state index in [4.69, 9.17) is 0 Å². The first-order valence-corrected chi connectivity index (χ1v) is 10.4. The quantitative estimate of drug-likeness (QED) is 0.775. The van der Waals surface area contributed by atoms with Crippen LogP contribution in [0.3, 0.4) is 0 Å². The number of carbonyl (C=O) groups is 1. The number of hydrogen-bond acceptors (Lipinski definition) is 6. The van der Waals surface area contributed by atoms with E-state index in [1.54, 1.807) is 17.6 Å². The van der Waals surface area contributed by atoms with Gasteiger partial charge in [0, 0.05) is 50.7 Å². The number of imidazole rings is 1. The van der Waals surface area contributed by atoms with Crippen LogP contribution in [0, 0.1) is 0 Å². The maximum atomic E-state index is 12.7. The number of nitrogens with zero attached hydrogens (tertiary/aromatic N) is 3. The number of likely N-dealkylation sites (N-methyl/N-ethyl adjacent to an activating group) is 1. The number of thiophene rings is 1. The second-order valence-corrected chi connectivity index (χ2v) is 9.16. The summed E-state index contributed by atoms with van der Waals surface area (Å²) < 4.78 is 27.9. The zero-order valence-electron chi connectivity index (χ0n) is 13.7. The van der Waals surface area contributed by atoms with Crippen LogP contribution in [0.5, 0.6) is 0 Å². The topological polar surface area (TPSA) is 96.3 Å². The molecule has 2 aromatic heterocycles. The highest BCUT2D eigenvalue weighted by Crippen LogP contribution is 2.35. The molecule has 0 saturated carbocycles. The van der Waals surface area contributed by atoms with Crippen molar-refractivity contribution in [2.75, 3.05) is 26.7 Å². The van der Waals surface area contributed by atoms with Crippen molar-refractivity contribution in [3.8, 4) is 0 Å². The Morgan fingerprint density at radius 2 is 2.28 bits per heavy atom. The number of amides is 1. The van der Waals surface area contributed by atoms with E-state index in [0.29, 0.717) is 10.6 Å². The van der Waals surface area contributed by atoms with Crippen LogP contribution in [0.1, 0.15) is 27.2 Å². The van der Waals surface area contributed by atoms with Crippen molar-refractivity contribution >= 4 is 27.3 Å². The van der Waals surface area contributed by atoms with Gasteiger partial charge in [-0.05, 0) is 11.4 Å². The molecule has 2 aliphatic rings. The average Bonchev–Trinajstić information content (AvgIpc) is 3.16. The summed E-state index contributed by atoms with van der Waals surface area (Å²) in [5, 5.41) is 7.98. The number of hydrogen-bond donors (Lipinski definition) is 2. The molecule has 8 nitrogen and oxygen atoms in total. The van der Waals surface area contributed by atoms with Crippen molar-refractivity contribution in [3.05, 3.63) is 34.0 Å². The van der Waals surface area contributed by atoms with Gasteiger partial charge in [0.15, 0.2) is 0 Å². The Labute approximate surface area is 149 Å². The summed E-state index contributed by atoms with van der Waals surface area (Å²) in [6, 6.07) is 1.23. The van der Waals surface area contributed by atoms with Gasteiger partial charge in [0.05, 0.1) is 10.9 Å². The van der Waals surface area contributed by atoms with Crippen molar-refractivity contribution < 1.29 is 13.2 Å². The summed E-state index contributed by atoms with van der Waals surface area (Å²) in [7, 11) is -1.92. The number of sulfonamides is 1. The second-order valence-electron chi connectivity index (χ2n) is 6.20. The van der Waals surface area contributed by atoms with E-state index < -0.39 is 10.0 Å². The van der Waals surface area contributed by atoms with Crippen molar-refractivity contribution in [3.63, 3.8) is 0 Å².